The van der Waals surface area contributed by atoms with Gasteiger partial charge in [-0.1, -0.05) is 24.3 Å². The lowest BCUT2D eigenvalue weighted by Crippen LogP contribution is -2.46. The van der Waals surface area contributed by atoms with Crippen molar-refractivity contribution in [1.82, 2.24) is 9.80 Å². The number of hydrogen-bond acceptors (Lipinski definition) is 3. The quantitative estimate of drug-likeness (QED) is 0.829. The van der Waals surface area contributed by atoms with E-state index in [4.69, 9.17) is 0 Å². The van der Waals surface area contributed by atoms with E-state index in [1.807, 2.05) is 0 Å². The van der Waals surface area contributed by atoms with Crippen molar-refractivity contribution in [3.8, 4) is 0 Å². The van der Waals surface area contributed by atoms with Crippen LogP contribution in [-0.4, -0.2) is 48.8 Å². The lowest BCUT2D eigenvalue weighted by Gasteiger charge is -2.38. The second-order valence-electron chi connectivity index (χ2n) is 5.62. The fraction of sp³-hybridized carbons (Fsp3) is 0.562. The van der Waals surface area contributed by atoms with Gasteiger partial charge in [0.25, 0.3) is 0 Å². The Balaban J connectivity index is 2.21. The van der Waals surface area contributed by atoms with Gasteiger partial charge in [0.2, 0.25) is 0 Å². The highest BCUT2D eigenvalue weighted by molar-refractivity contribution is 5.76. The average Bonchev–Trinajstić information content (AvgIpc) is 2.38. The van der Waals surface area contributed by atoms with Crippen LogP contribution >= 0.6 is 0 Å². The first-order valence-corrected chi connectivity index (χ1v) is 7.05. The zero-order valence-electron chi connectivity index (χ0n) is 12.2. The number of hydrogen-bond donors (Lipinski definition) is 0. The predicted molar refractivity (Wildman–Crippen MR) is 78.3 cm³/mol. The number of nitrogens with zero attached hydrogens (tertiary/aromatic N) is 2. The van der Waals surface area contributed by atoms with E-state index in [9.17, 15) is 4.79 Å². The van der Waals surface area contributed by atoms with E-state index in [2.05, 4.69) is 48.0 Å². The third-order valence-electron chi connectivity index (χ3n) is 4.01. The minimum absolute atomic E-state index is 0.243. The van der Waals surface area contributed by atoms with Crippen molar-refractivity contribution in [3.63, 3.8) is 0 Å². The summed E-state index contributed by atoms with van der Waals surface area (Å²) < 4.78 is 0. The molecule has 1 heterocycles. The number of aryl methyl sites for hydroxylation is 1. The van der Waals surface area contributed by atoms with Crippen LogP contribution in [0.3, 0.4) is 0 Å². The monoisotopic (exact) mass is 260 g/mol. The van der Waals surface area contributed by atoms with Gasteiger partial charge in [-0.05, 0) is 32.0 Å². The molecule has 104 valence electrons. The molecule has 1 aliphatic heterocycles. The Bertz CT molecular complexity index is 436. The van der Waals surface area contributed by atoms with Gasteiger partial charge in [-0.25, -0.2) is 0 Å². The molecule has 1 unspecified atom stereocenters. The Morgan fingerprint density at radius 1 is 1.21 bits per heavy atom. The first-order valence-electron chi connectivity index (χ1n) is 7.05. The Labute approximate surface area is 116 Å². The molecule has 1 atom stereocenters. The van der Waals surface area contributed by atoms with Crippen LogP contribution in [0, 0.1) is 6.92 Å². The molecule has 1 aliphatic rings. The van der Waals surface area contributed by atoms with Crippen LogP contribution in [0.25, 0.3) is 0 Å². The van der Waals surface area contributed by atoms with Gasteiger partial charge in [-0.15, -0.1) is 0 Å². The Kier molecular flexibility index (Phi) is 4.72. The number of likely N-dealkylation sites (N-methyl/N-ethyl adjacent to an activating group) is 1. The summed E-state index contributed by atoms with van der Waals surface area (Å²) in [5, 5.41) is 0. The number of ketones is 1. The van der Waals surface area contributed by atoms with Crippen molar-refractivity contribution in [1.29, 1.82) is 0 Å². The van der Waals surface area contributed by atoms with E-state index < -0.39 is 0 Å². The molecule has 0 bridgehead atoms. The van der Waals surface area contributed by atoms with Gasteiger partial charge in [-0.2, -0.15) is 0 Å². The number of carbonyl (C=O) groups is 1. The van der Waals surface area contributed by atoms with Crippen LogP contribution in [0.2, 0.25) is 0 Å². The van der Waals surface area contributed by atoms with E-state index in [1.54, 1.807) is 6.92 Å². The van der Waals surface area contributed by atoms with Crippen LogP contribution < -0.4 is 0 Å². The molecule has 0 radical (unpaired) electrons. The second kappa shape index (κ2) is 6.31. The van der Waals surface area contributed by atoms with Crippen LogP contribution in [0.5, 0.6) is 0 Å². The first-order chi connectivity index (χ1) is 9.08. The molecular weight excluding hydrogens is 236 g/mol. The number of carbonyl (C=O) groups excluding carboxylic acids is 1. The first kappa shape index (κ1) is 14.2. The minimum Gasteiger partial charge on any atom is -0.304 e. The van der Waals surface area contributed by atoms with E-state index >= 15 is 0 Å². The highest BCUT2D eigenvalue weighted by atomic mass is 16.1. The molecule has 3 nitrogen and oxygen atoms in total. The molecular formula is C16H24N2O. The second-order valence-corrected chi connectivity index (χ2v) is 5.62. The third kappa shape index (κ3) is 3.64. The van der Waals surface area contributed by atoms with Crippen molar-refractivity contribution in [2.75, 3.05) is 33.2 Å². The smallest absolute Gasteiger partial charge is 0.131 e. The molecule has 1 aromatic carbocycles. The zero-order chi connectivity index (χ0) is 13.8. The van der Waals surface area contributed by atoms with Crippen LogP contribution in [0.1, 0.15) is 30.5 Å². The summed E-state index contributed by atoms with van der Waals surface area (Å²) in [6.45, 7) is 8.09. The highest BCUT2D eigenvalue weighted by Crippen LogP contribution is 2.28. The topological polar surface area (TPSA) is 23.6 Å². The maximum Gasteiger partial charge on any atom is 0.131 e. The molecule has 0 aliphatic carbocycles. The Morgan fingerprint density at radius 3 is 2.42 bits per heavy atom. The standard InChI is InChI=1S/C16H24N2O/c1-13-6-4-5-7-15(13)16(12-14(2)19)18-10-8-17(3)9-11-18/h4-7,16H,8-12H2,1-3H3. The summed E-state index contributed by atoms with van der Waals surface area (Å²) in [4.78, 5) is 16.4. The Hall–Kier alpha value is -1.19. The van der Waals surface area contributed by atoms with Crippen LogP contribution in [0.4, 0.5) is 0 Å². The number of piperazine rings is 1. The molecule has 1 fully saturated rings. The molecule has 1 saturated heterocycles. The molecule has 0 aromatic heterocycles. The summed E-state index contributed by atoms with van der Waals surface area (Å²) in [7, 11) is 2.16. The minimum atomic E-state index is 0.243. The molecule has 3 heteroatoms. The maximum atomic E-state index is 11.6. The van der Waals surface area contributed by atoms with E-state index in [0.717, 1.165) is 26.2 Å². The van der Waals surface area contributed by atoms with Crippen molar-refractivity contribution in [2.24, 2.45) is 0 Å². The van der Waals surface area contributed by atoms with Crippen molar-refractivity contribution < 1.29 is 4.79 Å². The van der Waals surface area contributed by atoms with Gasteiger partial charge in [-0.3, -0.25) is 9.69 Å². The van der Waals surface area contributed by atoms with Gasteiger partial charge >= 0.3 is 0 Å². The molecule has 0 spiro atoms. The van der Waals surface area contributed by atoms with Crippen molar-refractivity contribution in [2.45, 2.75) is 26.3 Å². The van der Waals surface area contributed by atoms with Gasteiger partial charge in [0.15, 0.2) is 0 Å². The van der Waals surface area contributed by atoms with Crippen LogP contribution in [0.15, 0.2) is 24.3 Å². The average molecular weight is 260 g/mol. The summed E-state index contributed by atoms with van der Waals surface area (Å²) in [6, 6.07) is 8.69. The lowest BCUT2D eigenvalue weighted by atomic mass is 9.95. The highest BCUT2D eigenvalue weighted by Gasteiger charge is 2.25. The van der Waals surface area contributed by atoms with Crippen molar-refractivity contribution >= 4 is 5.78 Å². The molecule has 2 rings (SSSR count). The van der Waals surface area contributed by atoms with Gasteiger partial charge < -0.3 is 4.90 Å². The molecule has 1 aromatic rings. The molecule has 19 heavy (non-hydrogen) atoms. The lowest BCUT2D eigenvalue weighted by molar-refractivity contribution is -0.118. The van der Waals surface area contributed by atoms with E-state index in [0.29, 0.717) is 6.42 Å². The zero-order valence-corrected chi connectivity index (χ0v) is 12.2. The SMILES string of the molecule is CC(=O)CC(c1ccccc1C)N1CCN(C)CC1. The van der Waals surface area contributed by atoms with Crippen molar-refractivity contribution in [3.05, 3.63) is 35.4 Å². The van der Waals surface area contributed by atoms with Gasteiger partial charge in [0, 0.05) is 38.6 Å². The number of benzene rings is 1. The predicted octanol–water partition coefficient (Wildman–Crippen LogP) is 2.26. The number of Topliss-reactive ketones (excluding diaryl/α,β-unsaturated/α-hetero) is 1. The molecule has 0 N–H and O–H groups in total. The fourth-order valence-electron chi connectivity index (χ4n) is 2.80. The van der Waals surface area contributed by atoms with E-state index in [-0.39, 0.29) is 11.8 Å². The maximum absolute atomic E-state index is 11.6. The molecule has 0 amide bonds. The number of rotatable bonds is 4. The van der Waals surface area contributed by atoms with Crippen LogP contribution in [-0.2, 0) is 4.79 Å². The summed E-state index contributed by atoms with van der Waals surface area (Å²) in [6.07, 6.45) is 0.620. The Morgan fingerprint density at radius 2 is 1.84 bits per heavy atom. The van der Waals surface area contributed by atoms with Gasteiger partial charge in [0.05, 0.1) is 0 Å². The fourth-order valence-corrected chi connectivity index (χ4v) is 2.80. The molecule has 0 saturated carbocycles. The normalized spacial score (nSPS) is 19.3. The van der Waals surface area contributed by atoms with E-state index in [1.165, 1.54) is 11.1 Å². The summed E-state index contributed by atoms with van der Waals surface area (Å²) >= 11 is 0. The summed E-state index contributed by atoms with van der Waals surface area (Å²) in [5.41, 5.74) is 2.59. The third-order valence-corrected chi connectivity index (χ3v) is 4.01. The van der Waals surface area contributed by atoms with Gasteiger partial charge in [0.1, 0.15) is 5.78 Å². The summed E-state index contributed by atoms with van der Waals surface area (Å²) in [5.74, 6) is 0.271. The largest absolute Gasteiger partial charge is 0.304 e.